The van der Waals surface area contributed by atoms with E-state index in [2.05, 4.69) is 4.74 Å². The highest BCUT2D eigenvalue weighted by Gasteiger charge is 2.64. The molecule has 0 heterocycles. The van der Waals surface area contributed by atoms with E-state index < -0.39 is 42.0 Å². The molecule has 0 unspecified atom stereocenters. The molecule has 0 fully saturated rings. The number of alkyl carbamates (subject to hydrolysis) is 1. The minimum atomic E-state index is -5.40. The van der Waals surface area contributed by atoms with E-state index in [1.807, 2.05) is 0 Å². The molecule has 2 rings (SSSR count). The number of carbonyl (C=O) groups is 2. The Labute approximate surface area is 163 Å². The van der Waals surface area contributed by atoms with Crippen molar-refractivity contribution < 1.29 is 36.6 Å². The van der Waals surface area contributed by atoms with E-state index in [0.29, 0.717) is 5.56 Å². The van der Waals surface area contributed by atoms with Crippen LogP contribution in [-0.4, -0.2) is 30.5 Å². The zero-order valence-corrected chi connectivity index (χ0v) is 15.3. The molecule has 0 aliphatic heterocycles. The minimum absolute atomic E-state index is 0.344. The number of halogens is 4. The van der Waals surface area contributed by atoms with Gasteiger partial charge in [0.1, 0.15) is 12.4 Å². The quantitative estimate of drug-likeness (QED) is 0.407. The standard InChI is InChI=1S/C19H18F4N2O4/c1-2-28-16(26)18(19(21,22)23,24-15-11-7-6-10-14(15)20)25-17(27)29-12-13-8-4-3-5-9-13/h3-11,24H,2,12H2,1H3,(H,25,27)/t18-/m0/s1. The van der Waals surface area contributed by atoms with Crippen LogP contribution < -0.4 is 10.6 Å². The van der Waals surface area contributed by atoms with Crippen molar-refractivity contribution in [2.75, 3.05) is 11.9 Å². The molecule has 0 saturated heterocycles. The van der Waals surface area contributed by atoms with Crippen molar-refractivity contribution in [1.82, 2.24) is 5.32 Å². The Hall–Kier alpha value is -3.30. The molecule has 6 nitrogen and oxygen atoms in total. The lowest BCUT2D eigenvalue weighted by Crippen LogP contribution is -2.69. The van der Waals surface area contributed by atoms with Crippen LogP contribution >= 0.6 is 0 Å². The monoisotopic (exact) mass is 414 g/mol. The van der Waals surface area contributed by atoms with E-state index in [4.69, 9.17) is 4.74 Å². The fourth-order valence-corrected chi connectivity index (χ4v) is 2.31. The highest BCUT2D eigenvalue weighted by Crippen LogP contribution is 2.34. The Kier molecular flexibility index (Phi) is 7.03. The number of anilines is 1. The molecule has 10 heteroatoms. The third-order valence-corrected chi connectivity index (χ3v) is 3.71. The summed E-state index contributed by atoms with van der Waals surface area (Å²) < 4.78 is 65.0. The topological polar surface area (TPSA) is 76.7 Å². The van der Waals surface area contributed by atoms with Gasteiger partial charge >= 0.3 is 23.9 Å². The smallest absolute Gasteiger partial charge is 0.442 e. The Bertz CT molecular complexity index is 846. The fraction of sp³-hybridized carbons (Fsp3) is 0.263. The molecule has 1 amide bonds. The molecule has 0 aromatic heterocycles. The zero-order chi connectivity index (χ0) is 21.5. The molecule has 156 valence electrons. The van der Waals surface area contributed by atoms with Gasteiger partial charge in [-0.25, -0.2) is 14.0 Å². The van der Waals surface area contributed by atoms with Crippen LogP contribution in [0.3, 0.4) is 0 Å². The highest BCUT2D eigenvalue weighted by atomic mass is 19.4. The van der Waals surface area contributed by atoms with Gasteiger partial charge in [-0.2, -0.15) is 13.2 Å². The summed E-state index contributed by atoms with van der Waals surface area (Å²) in [5.74, 6) is -2.93. The third-order valence-electron chi connectivity index (χ3n) is 3.71. The molecule has 2 N–H and O–H groups in total. The van der Waals surface area contributed by atoms with Crippen molar-refractivity contribution >= 4 is 17.7 Å². The molecule has 0 aliphatic carbocycles. The number of hydrogen-bond acceptors (Lipinski definition) is 5. The second-order valence-electron chi connectivity index (χ2n) is 5.76. The summed E-state index contributed by atoms with van der Waals surface area (Å²) in [6.45, 7) is 0.537. The van der Waals surface area contributed by atoms with Gasteiger partial charge in [0.05, 0.1) is 12.3 Å². The number of rotatable bonds is 7. The van der Waals surface area contributed by atoms with Crippen LogP contribution in [0, 0.1) is 5.82 Å². The maximum absolute atomic E-state index is 13.9. The van der Waals surface area contributed by atoms with Crippen molar-refractivity contribution in [3.8, 4) is 0 Å². The van der Waals surface area contributed by atoms with Gasteiger partial charge in [0.2, 0.25) is 0 Å². The molecule has 0 aliphatic rings. The van der Waals surface area contributed by atoms with Gasteiger partial charge in [0, 0.05) is 0 Å². The molecular formula is C19H18F4N2O4. The Balaban J connectivity index is 2.32. The summed E-state index contributed by atoms with van der Waals surface area (Å²) in [4.78, 5) is 24.3. The summed E-state index contributed by atoms with van der Waals surface area (Å²) in [6, 6.07) is 12.6. The lowest BCUT2D eigenvalue weighted by atomic mass is 10.1. The Morgan fingerprint density at radius 3 is 2.17 bits per heavy atom. The second-order valence-corrected chi connectivity index (χ2v) is 5.76. The van der Waals surface area contributed by atoms with Crippen molar-refractivity contribution in [3.05, 3.63) is 66.0 Å². The SMILES string of the molecule is CCOC(=O)[C@@](NC(=O)OCc1ccccc1)(Nc1ccccc1F)C(F)(F)F. The lowest BCUT2D eigenvalue weighted by molar-refractivity contribution is -0.205. The van der Waals surface area contributed by atoms with E-state index >= 15 is 0 Å². The Morgan fingerprint density at radius 2 is 1.59 bits per heavy atom. The van der Waals surface area contributed by atoms with E-state index in [1.165, 1.54) is 24.4 Å². The summed E-state index contributed by atoms with van der Waals surface area (Å²) in [7, 11) is 0. The number of amides is 1. The Morgan fingerprint density at radius 1 is 0.966 bits per heavy atom. The van der Waals surface area contributed by atoms with Crippen molar-refractivity contribution in [2.45, 2.75) is 25.4 Å². The number of alkyl halides is 3. The maximum atomic E-state index is 13.9. The normalized spacial score (nSPS) is 13.1. The van der Waals surface area contributed by atoms with Gasteiger partial charge in [-0.05, 0) is 24.6 Å². The van der Waals surface area contributed by atoms with Gasteiger partial charge in [0.15, 0.2) is 0 Å². The summed E-state index contributed by atoms with van der Waals surface area (Å²) in [6.07, 6.45) is -6.95. The van der Waals surface area contributed by atoms with Gasteiger partial charge in [-0.3, -0.25) is 5.32 Å². The predicted molar refractivity (Wildman–Crippen MR) is 95.2 cm³/mol. The number of esters is 1. The molecule has 0 spiro atoms. The average molecular weight is 414 g/mol. The van der Waals surface area contributed by atoms with E-state index in [9.17, 15) is 27.2 Å². The van der Waals surface area contributed by atoms with Gasteiger partial charge in [0.25, 0.3) is 0 Å². The molecule has 2 aromatic carbocycles. The first-order chi connectivity index (χ1) is 13.7. The van der Waals surface area contributed by atoms with Crippen LogP contribution in [0.2, 0.25) is 0 Å². The highest BCUT2D eigenvalue weighted by molar-refractivity contribution is 5.89. The van der Waals surface area contributed by atoms with Gasteiger partial charge < -0.3 is 14.8 Å². The number of carbonyl (C=O) groups excluding carboxylic acids is 2. The van der Waals surface area contributed by atoms with E-state index in [-0.39, 0.29) is 6.61 Å². The minimum Gasteiger partial charge on any atom is -0.463 e. The van der Waals surface area contributed by atoms with Crippen molar-refractivity contribution in [3.63, 3.8) is 0 Å². The third kappa shape index (κ3) is 5.37. The van der Waals surface area contributed by atoms with Crippen LogP contribution in [0.15, 0.2) is 54.6 Å². The molecule has 1 atom stereocenters. The second kappa shape index (κ2) is 9.26. The number of ether oxygens (including phenoxy) is 2. The lowest BCUT2D eigenvalue weighted by Gasteiger charge is -2.34. The number of nitrogens with one attached hydrogen (secondary N) is 2. The number of hydrogen-bond donors (Lipinski definition) is 2. The first-order valence-electron chi connectivity index (χ1n) is 8.45. The molecular weight excluding hydrogens is 396 g/mol. The largest absolute Gasteiger partial charge is 0.463 e. The summed E-state index contributed by atoms with van der Waals surface area (Å²) >= 11 is 0. The van der Waals surface area contributed by atoms with E-state index in [0.717, 1.165) is 12.1 Å². The fourth-order valence-electron chi connectivity index (χ4n) is 2.31. The first kappa shape index (κ1) is 22.0. The van der Waals surface area contributed by atoms with Crippen molar-refractivity contribution in [2.24, 2.45) is 0 Å². The summed E-state index contributed by atoms with van der Waals surface area (Å²) in [5.41, 5.74) is -3.92. The van der Waals surface area contributed by atoms with Crippen LogP contribution in [0.25, 0.3) is 0 Å². The average Bonchev–Trinajstić information content (AvgIpc) is 2.67. The zero-order valence-electron chi connectivity index (χ0n) is 15.3. The molecule has 0 radical (unpaired) electrons. The van der Waals surface area contributed by atoms with Crippen LogP contribution in [-0.2, 0) is 20.9 Å². The number of para-hydroxylation sites is 1. The summed E-state index contributed by atoms with van der Waals surface area (Å²) in [5, 5.41) is 3.19. The van der Waals surface area contributed by atoms with Gasteiger partial charge in [-0.1, -0.05) is 42.5 Å². The van der Waals surface area contributed by atoms with Crippen LogP contribution in [0.4, 0.5) is 28.0 Å². The first-order valence-corrected chi connectivity index (χ1v) is 8.45. The van der Waals surface area contributed by atoms with Crippen molar-refractivity contribution in [1.29, 1.82) is 0 Å². The molecule has 0 saturated carbocycles. The van der Waals surface area contributed by atoms with Gasteiger partial charge in [-0.15, -0.1) is 0 Å². The van der Waals surface area contributed by atoms with E-state index in [1.54, 1.807) is 35.6 Å². The predicted octanol–water partition coefficient (Wildman–Crippen LogP) is 3.99. The van der Waals surface area contributed by atoms with Crippen LogP contribution in [0.5, 0.6) is 0 Å². The van der Waals surface area contributed by atoms with Crippen LogP contribution in [0.1, 0.15) is 12.5 Å². The maximum Gasteiger partial charge on any atom is 0.442 e. The molecule has 0 bridgehead atoms. The number of benzene rings is 2. The molecule has 2 aromatic rings. The molecule has 29 heavy (non-hydrogen) atoms.